The predicted molar refractivity (Wildman–Crippen MR) is 382 cm³/mol. The van der Waals surface area contributed by atoms with Gasteiger partial charge in [-0.05, 0) is 50.1 Å². The monoisotopic (exact) mass is 1420 g/mol. The summed E-state index contributed by atoms with van der Waals surface area (Å²) in [7, 11) is -3.18. The van der Waals surface area contributed by atoms with Gasteiger partial charge in [0, 0.05) is 6.92 Å². The standard InChI is InChI=1S/C83H89O19P/c1-59(84)96-78-75(93-53-66-41-23-8-24-42-66)72(90-50-63-35-17-5-18-36-63)69(56-87-47-60-29-11-2-12-30-60)97-81(78)100-79-76(94-54-67-43-25-9-26-44-67)73(91-51-64-37-19-6-20-38-64)70(57-88-48-61-31-13-3-14-32-61)98-82(79)101-80-77(95-55-68-45-27-10-28-46-68)74(92-52-65-39-21-7-22-40-65)71(99-83(80)102-103(85)86)58-89-49-62-33-15-4-16-34-62/h2-46,69-83,85-86H,47-58H2,1H3/t69-,70-,71-,72-,73-,74-,75+,76+,77+,78+,79+,80+,81+,82+,83-/m1/s1. The average Bonchev–Trinajstić information content (AvgIpc) is 0.761. The van der Waals surface area contributed by atoms with Gasteiger partial charge in [-0.25, -0.2) is 0 Å². The lowest BCUT2D eigenvalue weighted by Gasteiger charge is -2.51. The normalized spacial score (nSPS) is 24.9. The summed E-state index contributed by atoms with van der Waals surface area (Å²) >= 11 is 0. The molecule has 12 rings (SSSR count). The van der Waals surface area contributed by atoms with Crippen molar-refractivity contribution in [2.45, 2.75) is 159 Å². The minimum absolute atomic E-state index is 0.00834. The van der Waals surface area contributed by atoms with Crippen molar-refractivity contribution in [2.24, 2.45) is 0 Å². The Morgan fingerprint density at radius 3 is 0.757 bits per heavy atom. The molecule has 0 unspecified atom stereocenters. The first-order chi connectivity index (χ1) is 50.7. The van der Waals surface area contributed by atoms with Crippen LogP contribution in [0.2, 0.25) is 0 Å². The quantitative estimate of drug-likeness (QED) is 0.0274. The van der Waals surface area contributed by atoms with Crippen LogP contribution in [0, 0.1) is 0 Å². The van der Waals surface area contributed by atoms with Gasteiger partial charge in [-0.2, -0.15) is 0 Å². The maximum atomic E-state index is 14.0. The van der Waals surface area contributed by atoms with Gasteiger partial charge in [0.25, 0.3) is 0 Å². The lowest BCUT2D eigenvalue weighted by Crippen LogP contribution is -2.68. The fourth-order valence-corrected chi connectivity index (χ4v) is 13.1. The molecule has 19 nitrogen and oxygen atoms in total. The van der Waals surface area contributed by atoms with Crippen molar-refractivity contribution in [1.29, 1.82) is 0 Å². The van der Waals surface area contributed by atoms with E-state index in [0.717, 1.165) is 50.1 Å². The van der Waals surface area contributed by atoms with E-state index in [4.69, 9.17) is 75.6 Å². The third kappa shape index (κ3) is 22.6. The second kappa shape index (κ2) is 39.9. The fraction of sp³-hybridized carbons (Fsp3) is 0.337. The molecular formula is C83H89O19P. The van der Waals surface area contributed by atoms with Crippen LogP contribution in [0.3, 0.4) is 0 Å². The van der Waals surface area contributed by atoms with Gasteiger partial charge in [0.1, 0.15) is 67.1 Å². The number of esters is 1. The van der Waals surface area contributed by atoms with Gasteiger partial charge in [0.05, 0.1) is 79.3 Å². The van der Waals surface area contributed by atoms with E-state index in [1.807, 2.05) is 273 Å². The zero-order valence-corrected chi connectivity index (χ0v) is 58.3. The van der Waals surface area contributed by atoms with Crippen molar-refractivity contribution in [2.75, 3.05) is 19.8 Å². The summed E-state index contributed by atoms with van der Waals surface area (Å²) in [5.41, 5.74) is 7.72. The van der Waals surface area contributed by atoms with Gasteiger partial charge in [-0.1, -0.05) is 273 Å². The number of carbonyl (C=O) groups excluding carboxylic acids is 1. The Bertz CT molecular complexity index is 3810. The molecule has 540 valence electrons. The topological polar surface area (TPSA) is 205 Å². The Hall–Kier alpha value is -7.80. The zero-order valence-electron chi connectivity index (χ0n) is 57.4. The first-order valence-corrected chi connectivity index (χ1v) is 36.0. The largest absolute Gasteiger partial charge is 0.454 e. The highest BCUT2D eigenvalue weighted by molar-refractivity contribution is 7.39. The Morgan fingerprint density at radius 2 is 0.505 bits per heavy atom. The van der Waals surface area contributed by atoms with Gasteiger partial charge >= 0.3 is 14.6 Å². The molecule has 3 saturated heterocycles. The molecule has 2 N–H and O–H groups in total. The number of hydrogen-bond donors (Lipinski definition) is 2. The van der Waals surface area contributed by atoms with Gasteiger partial charge in [0.2, 0.25) is 0 Å². The third-order valence-electron chi connectivity index (χ3n) is 17.7. The van der Waals surface area contributed by atoms with E-state index in [1.165, 1.54) is 6.92 Å². The van der Waals surface area contributed by atoms with Crippen LogP contribution in [0.15, 0.2) is 273 Å². The van der Waals surface area contributed by atoms with E-state index >= 15 is 0 Å². The van der Waals surface area contributed by atoms with Crippen molar-refractivity contribution in [3.05, 3.63) is 323 Å². The van der Waals surface area contributed by atoms with E-state index in [2.05, 4.69) is 0 Å². The lowest BCUT2D eigenvalue weighted by molar-refractivity contribution is -0.400. The van der Waals surface area contributed by atoms with Crippen LogP contribution in [0.5, 0.6) is 0 Å². The summed E-state index contributed by atoms with van der Waals surface area (Å²) in [6, 6.07) is 87.2. The highest BCUT2D eigenvalue weighted by Gasteiger charge is 2.58. The minimum Gasteiger partial charge on any atom is -0.454 e. The molecule has 3 heterocycles. The molecule has 3 aliphatic rings. The van der Waals surface area contributed by atoms with Crippen molar-refractivity contribution >= 4 is 14.6 Å². The van der Waals surface area contributed by atoms with Gasteiger partial charge in [0.15, 0.2) is 25.0 Å². The average molecular weight is 1420 g/mol. The molecule has 3 fully saturated rings. The fourth-order valence-electron chi connectivity index (χ4n) is 12.7. The summed E-state index contributed by atoms with van der Waals surface area (Å²) in [4.78, 5) is 36.3. The molecule has 0 aliphatic carbocycles. The number of benzene rings is 9. The van der Waals surface area contributed by atoms with E-state index in [9.17, 15) is 14.6 Å². The molecule has 0 radical (unpaired) electrons. The molecule has 0 spiro atoms. The summed E-state index contributed by atoms with van der Waals surface area (Å²) < 4.78 is 112. The summed E-state index contributed by atoms with van der Waals surface area (Å²) in [5, 5.41) is 0. The molecule has 0 bridgehead atoms. The molecule has 0 saturated carbocycles. The van der Waals surface area contributed by atoms with Crippen molar-refractivity contribution < 1.29 is 90.2 Å². The van der Waals surface area contributed by atoms with Crippen LogP contribution in [-0.4, -0.2) is 128 Å². The van der Waals surface area contributed by atoms with Crippen molar-refractivity contribution in [3.63, 3.8) is 0 Å². The van der Waals surface area contributed by atoms with Crippen LogP contribution in [0.4, 0.5) is 0 Å². The molecular weight excluding hydrogens is 1330 g/mol. The molecule has 9 aromatic carbocycles. The first kappa shape index (κ1) is 74.9. The van der Waals surface area contributed by atoms with Crippen molar-refractivity contribution in [3.8, 4) is 0 Å². The van der Waals surface area contributed by atoms with E-state index < -0.39 is 107 Å². The minimum atomic E-state index is -3.18. The molecule has 9 aromatic rings. The first-order valence-electron chi connectivity index (χ1n) is 34.8. The van der Waals surface area contributed by atoms with Crippen LogP contribution < -0.4 is 0 Å². The maximum absolute atomic E-state index is 14.0. The Balaban J connectivity index is 0.998. The van der Waals surface area contributed by atoms with E-state index in [1.54, 1.807) is 0 Å². The van der Waals surface area contributed by atoms with Crippen LogP contribution in [0.1, 0.15) is 57.0 Å². The maximum Gasteiger partial charge on any atom is 0.329 e. The summed E-state index contributed by atoms with van der Waals surface area (Å²) in [6.45, 7) is 2.03. The molecule has 0 aromatic heterocycles. The SMILES string of the molecule is CC(=O)O[C@@H]1[C@H](O[C@@H]2[C@H](O[C@@H]3[C@@H](OP(O)O)O[C@H](COCc4ccccc4)[C@@H](OCc4ccccc4)[C@@H]3OCc3ccccc3)O[C@H](COCc3ccccc3)[C@@H](OCc3ccccc3)[C@@H]2OCc2ccccc2)O[C@H](COCc2ccccc2)[C@@H](OCc2ccccc2)[C@@H]1OCc1ccccc1. The second-order valence-corrected chi connectivity index (χ2v) is 26.0. The third-order valence-corrected chi connectivity index (χ3v) is 18.1. The highest BCUT2D eigenvalue weighted by atomic mass is 31.2. The van der Waals surface area contributed by atoms with Gasteiger partial charge in [-0.3, -0.25) is 9.32 Å². The van der Waals surface area contributed by atoms with Gasteiger partial charge < -0.3 is 80.8 Å². The number of ether oxygens (including phenoxy) is 15. The summed E-state index contributed by atoms with van der Waals surface area (Å²) in [6.07, 6.45) is -18.8. The Labute approximate surface area is 603 Å². The van der Waals surface area contributed by atoms with Gasteiger partial charge in [-0.15, -0.1) is 0 Å². The lowest BCUT2D eigenvalue weighted by atomic mass is 9.95. The molecule has 20 heteroatoms. The molecule has 3 aliphatic heterocycles. The molecule has 103 heavy (non-hydrogen) atoms. The number of rotatable bonds is 37. The highest BCUT2D eigenvalue weighted by Crippen LogP contribution is 2.42. The Morgan fingerprint density at radius 1 is 0.291 bits per heavy atom. The zero-order chi connectivity index (χ0) is 70.6. The molecule has 0 amide bonds. The molecule has 15 atom stereocenters. The van der Waals surface area contributed by atoms with E-state index in [-0.39, 0.29) is 79.3 Å². The van der Waals surface area contributed by atoms with Crippen molar-refractivity contribution in [1.82, 2.24) is 0 Å². The second-order valence-electron chi connectivity index (χ2n) is 25.3. The van der Waals surface area contributed by atoms with E-state index in [0.29, 0.717) is 0 Å². The number of hydrogen-bond acceptors (Lipinski definition) is 19. The van der Waals surface area contributed by atoms with Crippen LogP contribution in [-0.2, 0) is 140 Å². The summed E-state index contributed by atoms with van der Waals surface area (Å²) in [5.74, 6) is -0.675. The van der Waals surface area contributed by atoms with Crippen LogP contribution >= 0.6 is 8.60 Å². The number of carbonyl (C=O) groups is 1. The smallest absolute Gasteiger partial charge is 0.329 e. The Kier molecular flexibility index (Phi) is 29.0. The predicted octanol–water partition coefficient (Wildman–Crippen LogP) is 13.3. The van der Waals surface area contributed by atoms with Crippen LogP contribution in [0.25, 0.3) is 0 Å².